The zero-order chi connectivity index (χ0) is 10.9. The quantitative estimate of drug-likeness (QED) is 0.725. The molecule has 0 radical (unpaired) electrons. The Morgan fingerprint density at radius 3 is 2.14 bits per heavy atom. The number of carboxylic acid groups (broad SMARTS) is 2. The Morgan fingerprint density at radius 2 is 1.79 bits per heavy atom. The van der Waals surface area contributed by atoms with Crippen LogP contribution in [-0.4, -0.2) is 22.2 Å². The topological polar surface area (TPSA) is 74.6 Å². The molecule has 0 bridgehead atoms. The van der Waals surface area contributed by atoms with Crippen LogP contribution in [0.2, 0.25) is 0 Å². The molecule has 1 aliphatic rings. The molecule has 2 N–H and O–H groups in total. The van der Waals surface area contributed by atoms with E-state index in [1.807, 2.05) is 0 Å². The largest absolute Gasteiger partial charge is 0.481 e. The van der Waals surface area contributed by atoms with Crippen molar-refractivity contribution in [2.45, 2.75) is 33.1 Å². The fourth-order valence-corrected chi connectivity index (χ4v) is 2.04. The third kappa shape index (κ3) is 1.89. The molecule has 1 fully saturated rings. The van der Waals surface area contributed by atoms with Crippen molar-refractivity contribution in [1.82, 2.24) is 0 Å². The molecule has 0 aromatic carbocycles. The van der Waals surface area contributed by atoms with Crippen LogP contribution < -0.4 is 0 Å². The van der Waals surface area contributed by atoms with Gasteiger partial charge in [0.15, 0.2) is 0 Å². The van der Waals surface area contributed by atoms with Crippen LogP contribution in [-0.2, 0) is 9.59 Å². The Morgan fingerprint density at radius 1 is 1.21 bits per heavy atom. The van der Waals surface area contributed by atoms with Crippen molar-refractivity contribution < 1.29 is 19.8 Å². The van der Waals surface area contributed by atoms with E-state index in [1.54, 1.807) is 13.8 Å². The van der Waals surface area contributed by atoms with E-state index >= 15 is 0 Å². The molecule has 0 aromatic rings. The van der Waals surface area contributed by atoms with Crippen LogP contribution in [0.15, 0.2) is 0 Å². The standard InChI is InChI=1S/C10H16O4/c1-10(2,9(13)14)7-4-3-6(5-7)8(11)12/h6-7H,3-5H2,1-2H3,(H,11,12)(H,13,14)/t6-,7+/m0/s1. The van der Waals surface area contributed by atoms with Crippen molar-refractivity contribution in [3.63, 3.8) is 0 Å². The van der Waals surface area contributed by atoms with E-state index in [0.717, 1.165) is 0 Å². The van der Waals surface area contributed by atoms with Gasteiger partial charge in [0, 0.05) is 0 Å². The second kappa shape index (κ2) is 3.59. The van der Waals surface area contributed by atoms with E-state index in [9.17, 15) is 9.59 Å². The first kappa shape index (κ1) is 11.0. The first-order valence-corrected chi connectivity index (χ1v) is 4.82. The zero-order valence-corrected chi connectivity index (χ0v) is 8.49. The zero-order valence-electron chi connectivity index (χ0n) is 8.49. The van der Waals surface area contributed by atoms with Crippen LogP contribution in [0.1, 0.15) is 33.1 Å². The second-order valence-corrected chi connectivity index (χ2v) is 4.57. The highest BCUT2D eigenvalue weighted by Gasteiger charge is 2.42. The van der Waals surface area contributed by atoms with E-state index in [-0.39, 0.29) is 11.8 Å². The van der Waals surface area contributed by atoms with Crippen molar-refractivity contribution in [2.24, 2.45) is 17.3 Å². The van der Waals surface area contributed by atoms with Gasteiger partial charge in [-0.15, -0.1) is 0 Å². The first-order valence-electron chi connectivity index (χ1n) is 4.82. The molecule has 14 heavy (non-hydrogen) atoms. The normalized spacial score (nSPS) is 27.6. The summed E-state index contributed by atoms with van der Waals surface area (Å²) in [5, 5.41) is 17.8. The minimum atomic E-state index is -0.839. The Bertz CT molecular complexity index is 257. The van der Waals surface area contributed by atoms with Gasteiger partial charge in [0.1, 0.15) is 0 Å². The van der Waals surface area contributed by atoms with Gasteiger partial charge in [-0.25, -0.2) is 0 Å². The average Bonchev–Trinajstić information content (AvgIpc) is 2.51. The Hall–Kier alpha value is -1.06. The van der Waals surface area contributed by atoms with Crippen molar-refractivity contribution in [3.05, 3.63) is 0 Å². The lowest BCUT2D eigenvalue weighted by atomic mass is 9.77. The van der Waals surface area contributed by atoms with Crippen LogP contribution in [0.25, 0.3) is 0 Å². The van der Waals surface area contributed by atoms with Gasteiger partial charge in [0.25, 0.3) is 0 Å². The summed E-state index contributed by atoms with van der Waals surface area (Å²) in [7, 11) is 0. The molecule has 2 atom stereocenters. The van der Waals surface area contributed by atoms with Gasteiger partial charge < -0.3 is 10.2 Å². The molecule has 80 valence electrons. The SMILES string of the molecule is CC(C)(C(=O)O)[C@@H]1CC[C@H](C(=O)O)C1. The fraction of sp³-hybridized carbons (Fsp3) is 0.800. The summed E-state index contributed by atoms with van der Waals surface area (Å²) >= 11 is 0. The van der Waals surface area contributed by atoms with E-state index in [4.69, 9.17) is 10.2 Å². The Balaban J connectivity index is 2.66. The van der Waals surface area contributed by atoms with E-state index in [0.29, 0.717) is 19.3 Å². The lowest BCUT2D eigenvalue weighted by Crippen LogP contribution is -2.31. The number of carbonyl (C=O) groups is 2. The Kier molecular flexibility index (Phi) is 2.83. The van der Waals surface area contributed by atoms with Crippen LogP contribution in [0.5, 0.6) is 0 Å². The maximum Gasteiger partial charge on any atom is 0.309 e. The average molecular weight is 200 g/mol. The number of rotatable bonds is 3. The summed E-state index contributed by atoms with van der Waals surface area (Å²) in [5.41, 5.74) is -0.801. The highest BCUT2D eigenvalue weighted by atomic mass is 16.4. The van der Waals surface area contributed by atoms with E-state index in [2.05, 4.69) is 0 Å². The lowest BCUT2D eigenvalue weighted by Gasteiger charge is -2.26. The third-order valence-corrected chi connectivity index (χ3v) is 3.35. The molecule has 4 heteroatoms. The van der Waals surface area contributed by atoms with Crippen LogP contribution >= 0.6 is 0 Å². The molecule has 0 amide bonds. The van der Waals surface area contributed by atoms with Gasteiger partial charge in [0.05, 0.1) is 11.3 Å². The fourth-order valence-electron chi connectivity index (χ4n) is 2.04. The smallest absolute Gasteiger partial charge is 0.309 e. The van der Waals surface area contributed by atoms with E-state index < -0.39 is 17.4 Å². The van der Waals surface area contributed by atoms with Crippen molar-refractivity contribution >= 4 is 11.9 Å². The lowest BCUT2D eigenvalue weighted by molar-refractivity contribution is -0.151. The summed E-state index contributed by atoms with van der Waals surface area (Å²) in [6.45, 7) is 3.34. The molecule has 1 rings (SSSR count). The first-order chi connectivity index (χ1) is 6.35. The monoisotopic (exact) mass is 200 g/mol. The second-order valence-electron chi connectivity index (χ2n) is 4.57. The van der Waals surface area contributed by atoms with E-state index in [1.165, 1.54) is 0 Å². The molecule has 0 spiro atoms. The summed E-state index contributed by atoms with van der Waals surface area (Å²) in [4.78, 5) is 21.6. The molecule has 0 aliphatic heterocycles. The van der Waals surface area contributed by atoms with Gasteiger partial charge in [-0.3, -0.25) is 9.59 Å². The highest BCUT2D eigenvalue weighted by Crippen LogP contribution is 2.42. The van der Waals surface area contributed by atoms with Crippen molar-refractivity contribution in [2.75, 3.05) is 0 Å². The summed E-state index contributed by atoms with van der Waals surface area (Å²) < 4.78 is 0. The van der Waals surface area contributed by atoms with Crippen molar-refractivity contribution in [3.8, 4) is 0 Å². The summed E-state index contributed by atoms with van der Waals surface area (Å²) in [6, 6.07) is 0. The predicted octanol–water partition coefficient (Wildman–Crippen LogP) is 1.60. The molecule has 0 unspecified atom stereocenters. The van der Waals surface area contributed by atoms with Gasteiger partial charge in [-0.2, -0.15) is 0 Å². The van der Waals surface area contributed by atoms with Crippen molar-refractivity contribution in [1.29, 1.82) is 0 Å². The summed E-state index contributed by atoms with van der Waals surface area (Å²) in [6.07, 6.45) is 1.81. The molecule has 0 saturated heterocycles. The maximum atomic E-state index is 10.9. The van der Waals surface area contributed by atoms with Gasteiger partial charge in [0.2, 0.25) is 0 Å². The number of hydrogen-bond donors (Lipinski definition) is 2. The van der Waals surface area contributed by atoms with Crippen LogP contribution in [0.3, 0.4) is 0 Å². The third-order valence-electron chi connectivity index (χ3n) is 3.35. The number of hydrogen-bond acceptors (Lipinski definition) is 2. The highest BCUT2D eigenvalue weighted by molar-refractivity contribution is 5.75. The Labute approximate surface area is 82.9 Å². The van der Waals surface area contributed by atoms with Gasteiger partial charge in [-0.1, -0.05) is 0 Å². The minimum Gasteiger partial charge on any atom is -0.481 e. The van der Waals surface area contributed by atoms with Gasteiger partial charge >= 0.3 is 11.9 Å². The molecule has 1 saturated carbocycles. The molecule has 1 aliphatic carbocycles. The maximum absolute atomic E-state index is 10.9. The molecule has 4 nitrogen and oxygen atoms in total. The minimum absolute atomic E-state index is 0.0129. The molecule has 0 heterocycles. The summed E-state index contributed by atoms with van der Waals surface area (Å²) in [5.74, 6) is -2.00. The van der Waals surface area contributed by atoms with Crippen LogP contribution in [0, 0.1) is 17.3 Å². The molecular formula is C10H16O4. The number of carboxylic acids is 2. The predicted molar refractivity (Wildman–Crippen MR) is 49.9 cm³/mol. The molecular weight excluding hydrogens is 184 g/mol. The van der Waals surface area contributed by atoms with Gasteiger partial charge in [-0.05, 0) is 39.0 Å². The number of aliphatic carboxylic acids is 2. The van der Waals surface area contributed by atoms with Crippen LogP contribution in [0.4, 0.5) is 0 Å². The molecule has 0 aromatic heterocycles.